The normalized spacial score (nSPS) is 15.1. The predicted molar refractivity (Wildman–Crippen MR) is 212 cm³/mol. The number of aliphatic hydroxyl groups is 3. The van der Waals surface area contributed by atoms with E-state index in [4.69, 9.17) is 9.47 Å². The summed E-state index contributed by atoms with van der Waals surface area (Å²) in [6.07, 6.45) is -4.78. The Morgan fingerprint density at radius 3 is 1.48 bits per heavy atom. The molecular weight excluding hydrogens is 766 g/mol. The van der Waals surface area contributed by atoms with Gasteiger partial charge in [0.1, 0.15) is 5.54 Å². The molecule has 0 spiro atoms. The van der Waals surface area contributed by atoms with Gasteiger partial charge in [-0.25, -0.2) is 4.79 Å². The van der Waals surface area contributed by atoms with E-state index in [1.54, 1.807) is 36.4 Å². The summed E-state index contributed by atoms with van der Waals surface area (Å²) >= 11 is 0. The second-order valence-corrected chi connectivity index (χ2v) is 14.4. The molecule has 5 N–H and O–H groups in total. The van der Waals surface area contributed by atoms with Crippen LogP contribution in [0.5, 0.6) is 0 Å². The van der Waals surface area contributed by atoms with Gasteiger partial charge in [0.15, 0.2) is 6.29 Å². The molecule has 0 radical (unpaired) electrons. The van der Waals surface area contributed by atoms with Gasteiger partial charge in [-0.05, 0) is 108 Å². The number of aliphatic hydroxyl groups excluding tert-OH is 3. The molecule has 312 valence electrons. The zero-order valence-corrected chi connectivity index (χ0v) is 33.0. The SMILES string of the molecule is COC(=O)[C@](C)(CO)NCc1ccc(C(F)(F)F)c(/C=C/c2cccc(-c3cccc(/C=C/c4cc(CN[C@@](C)(CO)C(O)OC)ccc4C(F)(F)F)c3C)c2C)c1. The first-order valence-electron chi connectivity index (χ1n) is 18.2. The van der Waals surface area contributed by atoms with Crippen molar-refractivity contribution in [3.05, 3.63) is 128 Å². The molecule has 14 heteroatoms. The van der Waals surface area contributed by atoms with Crippen molar-refractivity contribution < 1.29 is 55.9 Å². The van der Waals surface area contributed by atoms with Crippen molar-refractivity contribution in [3.63, 3.8) is 0 Å². The van der Waals surface area contributed by atoms with E-state index in [0.29, 0.717) is 22.3 Å². The van der Waals surface area contributed by atoms with Crippen molar-refractivity contribution in [2.75, 3.05) is 27.4 Å². The van der Waals surface area contributed by atoms with Gasteiger partial charge < -0.3 is 30.1 Å². The second kappa shape index (κ2) is 18.8. The summed E-state index contributed by atoms with van der Waals surface area (Å²) in [5.74, 6) is -0.729. The van der Waals surface area contributed by atoms with Crippen LogP contribution in [0, 0.1) is 13.8 Å². The topological polar surface area (TPSA) is 120 Å². The zero-order valence-electron chi connectivity index (χ0n) is 33.0. The molecule has 0 aliphatic rings. The Labute approximate surface area is 333 Å². The van der Waals surface area contributed by atoms with E-state index in [0.717, 1.165) is 41.5 Å². The highest BCUT2D eigenvalue weighted by Crippen LogP contribution is 2.37. The fourth-order valence-corrected chi connectivity index (χ4v) is 6.35. The third-order valence-electron chi connectivity index (χ3n) is 10.2. The Morgan fingerprint density at radius 1 is 0.672 bits per heavy atom. The molecule has 0 saturated heterocycles. The van der Waals surface area contributed by atoms with E-state index >= 15 is 0 Å². The van der Waals surface area contributed by atoms with Gasteiger partial charge >= 0.3 is 18.3 Å². The number of halogens is 6. The van der Waals surface area contributed by atoms with Crippen molar-refractivity contribution in [1.29, 1.82) is 0 Å². The highest BCUT2D eigenvalue weighted by Gasteiger charge is 2.36. The maximum Gasteiger partial charge on any atom is 0.416 e. The Morgan fingerprint density at radius 2 is 1.10 bits per heavy atom. The summed E-state index contributed by atoms with van der Waals surface area (Å²) in [4.78, 5) is 12.2. The highest BCUT2D eigenvalue weighted by molar-refractivity contribution is 5.83. The summed E-state index contributed by atoms with van der Waals surface area (Å²) in [6.45, 7) is 5.49. The average Bonchev–Trinajstić information content (AvgIpc) is 3.19. The number of ether oxygens (including phenoxy) is 2. The minimum atomic E-state index is -4.66. The van der Waals surface area contributed by atoms with Gasteiger partial charge in [-0.2, -0.15) is 26.3 Å². The molecule has 0 saturated carbocycles. The van der Waals surface area contributed by atoms with Crippen LogP contribution in [0.1, 0.15) is 69.5 Å². The standard InChI is InChI=1S/C44H48F6N2O6/c1-27-31(15-17-33-21-29(13-19-37(33)43(45,46)47)23-51-41(3,25-53)39(55)57-5)9-7-11-35(27)36-12-8-10-32(28(36)2)16-18-34-22-30(14-20-38(34)44(48,49)50)24-52-42(4,26-54)40(56)58-6/h7-22,39,51-55H,23-26H2,1-6H3/b17-15+,18-16+/t39?,41-,42-/m0/s1. The fourth-order valence-electron chi connectivity index (χ4n) is 6.35. The van der Waals surface area contributed by atoms with Crippen LogP contribution in [0.25, 0.3) is 35.4 Å². The number of hydrogen-bond donors (Lipinski definition) is 5. The lowest BCUT2D eigenvalue weighted by atomic mass is 9.90. The number of benzene rings is 4. The lowest BCUT2D eigenvalue weighted by Crippen LogP contribution is -2.55. The van der Waals surface area contributed by atoms with Gasteiger partial charge in [0.2, 0.25) is 0 Å². The number of alkyl halides is 6. The van der Waals surface area contributed by atoms with E-state index in [9.17, 15) is 46.5 Å². The molecule has 4 aromatic carbocycles. The Kier molecular flexibility index (Phi) is 14.9. The third kappa shape index (κ3) is 10.8. The van der Waals surface area contributed by atoms with Gasteiger partial charge in [-0.15, -0.1) is 0 Å². The van der Waals surface area contributed by atoms with Crippen LogP contribution >= 0.6 is 0 Å². The van der Waals surface area contributed by atoms with E-state index in [2.05, 4.69) is 10.6 Å². The predicted octanol–water partition coefficient (Wildman–Crippen LogP) is 8.17. The molecule has 3 atom stereocenters. The van der Waals surface area contributed by atoms with Gasteiger partial charge in [-0.1, -0.05) is 72.8 Å². The summed E-state index contributed by atoms with van der Waals surface area (Å²) < 4.78 is 94.3. The van der Waals surface area contributed by atoms with Crippen molar-refractivity contribution in [2.24, 2.45) is 0 Å². The van der Waals surface area contributed by atoms with Crippen LogP contribution in [0.3, 0.4) is 0 Å². The smallest absolute Gasteiger partial charge is 0.416 e. The van der Waals surface area contributed by atoms with E-state index in [-0.39, 0.29) is 24.2 Å². The second-order valence-electron chi connectivity index (χ2n) is 14.4. The van der Waals surface area contributed by atoms with Crippen molar-refractivity contribution >= 4 is 30.3 Å². The van der Waals surface area contributed by atoms with E-state index in [1.165, 1.54) is 57.4 Å². The zero-order chi connectivity index (χ0) is 43.1. The number of hydrogen-bond acceptors (Lipinski definition) is 8. The van der Waals surface area contributed by atoms with Crippen LogP contribution in [0.4, 0.5) is 26.3 Å². The van der Waals surface area contributed by atoms with Crippen LogP contribution in [0.2, 0.25) is 0 Å². The molecule has 0 fully saturated rings. The first-order valence-corrected chi connectivity index (χ1v) is 18.2. The first-order chi connectivity index (χ1) is 27.2. The van der Waals surface area contributed by atoms with Crippen LogP contribution in [-0.4, -0.2) is 66.1 Å². The molecule has 4 rings (SSSR count). The molecule has 0 aromatic heterocycles. The largest absolute Gasteiger partial charge is 0.468 e. The van der Waals surface area contributed by atoms with E-state index in [1.807, 2.05) is 26.0 Å². The third-order valence-corrected chi connectivity index (χ3v) is 10.2. The molecular formula is C44H48F6N2O6. The van der Waals surface area contributed by atoms with Crippen LogP contribution in [0.15, 0.2) is 72.8 Å². The number of nitrogens with one attached hydrogen (secondary N) is 2. The first kappa shape index (κ1) is 45.9. The fraction of sp³-hybridized carbons (Fsp3) is 0.341. The van der Waals surface area contributed by atoms with E-state index < -0.39 is 60.0 Å². The lowest BCUT2D eigenvalue weighted by molar-refractivity contribution is -0.149. The molecule has 1 unspecified atom stereocenters. The minimum absolute atomic E-state index is 0.0242. The van der Waals surface area contributed by atoms with Crippen molar-refractivity contribution in [2.45, 2.75) is 70.5 Å². The molecule has 0 amide bonds. The Hall–Kier alpha value is -4.83. The van der Waals surface area contributed by atoms with Crippen LogP contribution < -0.4 is 10.6 Å². The number of methoxy groups -OCH3 is 2. The number of carbonyl (C=O) groups excluding carboxylic acids is 1. The summed E-state index contributed by atoms with van der Waals surface area (Å²) in [5, 5.41) is 35.5. The van der Waals surface area contributed by atoms with Gasteiger partial charge in [-0.3, -0.25) is 5.32 Å². The van der Waals surface area contributed by atoms with Crippen LogP contribution in [-0.2, 0) is 39.7 Å². The van der Waals surface area contributed by atoms with Crippen molar-refractivity contribution in [1.82, 2.24) is 10.6 Å². The number of carbonyl (C=O) groups is 1. The highest BCUT2D eigenvalue weighted by atomic mass is 19.4. The molecule has 0 aliphatic carbocycles. The monoisotopic (exact) mass is 814 g/mol. The molecule has 4 aromatic rings. The molecule has 58 heavy (non-hydrogen) atoms. The summed E-state index contributed by atoms with van der Waals surface area (Å²) in [5.41, 5.74) is 0.538. The van der Waals surface area contributed by atoms with Crippen molar-refractivity contribution in [3.8, 4) is 11.1 Å². The summed E-state index contributed by atoms with van der Waals surface area (Å²) in [7, 11) is 2.43. The maximum atomic E-state index is 14.1. The summed E-state index contributed by atoms with van der Waals surface area (Å²) in [6, 6.07) is 18.1. The van der Waals surface area contributed by atoms with Gasteiger partial charge in [0.05, 0.1) is 37.0 Å². The molecule has 8 nitrogen and oxygen atoms in total. The van der Waals surface area contributed by atoms with Gasteiger partial charge in [0.25, 0.3) is 0 Å². The Balaban J connectivity index is 1.67. The minimum Gasteiger partial charge on any atom is -0.468 e. The Bertz CT molecular complexity index is 2130. The molecule has 0 bridgehead atoms. The maximum absolute atomic E-state index is 14.1. The average molecular weight is 815 g/mol. The quantitative estimate of drug-likeness (QED) is 0.0333. The molecule has 0 aliphatic heterocycles. The van der Waals surface area contributed by atoms with Gasteiger partial charge in [0, 0.05) is 20.2 Å². The lowest BCUT2D eigenvalue weighted by Gasteiger charge is -2.32. The molecule has 0 heterocycles. The number of rotatable bonds is 16. The number of esters is 1.